The number of piperidine rings is 1. The van der Waals surface area contributed by atoms with Crippen LogP contribution in [0.15, 0.2) is 24.3 Å². The van der Waals surface area contributed by atoms with Gasteiger partial charge in [0.15, 0.2) is 0 Å². The molecule has 2 aliphatic rings. The normalized spacial score (nSPS) is 23.3. The van der Waals surface area contributed by atoms with E-state index in [1.165, 1.54) is 0 Å². The van der Waals surface area contributed by atoms with Gasteiger partial charge >= 0.3 is 6.03 Å². The number of carbonyl (C=O) groups excluding carboxylic acids is 2. The van der Waals surface area contributed by atoms with Crippen LogP contribution in [0.5, 0.6) is 0 Å². The third-order valence-electron chi connectivity index (χ3n) is 6.07. The summed E-state index contributed by atoms with van der Waals surface area (Å²) in [6.45, 7) is 8.67. The molecule has 2 atom stereocenters. The molecule has 166 valence electrons. The molecule has 0 saturated carbocycles. The zero-order chi connectivity index (χ0) is 21.7. The van der Waals surface area contributed by atoms with E-state index >= 15 is 0 Å². The fraction of sp³-hybridized carbons (Fsp3) is 0.652. The molecule has 0 aliphatic carbocycles. The molecule has 3 rings (SSSR count). The number of likely N-dealkylation sites (tertiary alicyclic amines) is 1. The molecule has 0 spiro atoms. The van der Waals surface area contributed by atoms with Crippen LogP contribution in [-0.2, 0) is 11.3 Å². The fourth-order valence-corrected chi connectivity index (χ4v) is 4.32. The second-order valence-electron chi connectivity index (χ2n) is 8.95. The van der Waals surface area contributed by atoms with Gasteiger partial charge in [-0.3, -0.25) is 4.79 Å². The minimum atomic E-state index is -0.0506. The molecule has 0 aromatic heterocycles. The number of rotatable bonds is 5. The van der Waals surface area contributed by atoms with E-state index in [1.807, 2.05) is 50.1 Å². The summed E-state index contributed by atoms with van der Waals surface area (Å²) in [7, 11) is 4.01. The van der Waals surface area contributed by atoms with Crippen molar-refractivity contribution in [3.8, 4) is 0 Å². The van der Waals surface area contributed by atoms with Crippen LogP contribution >= 0.6 is 0 Å². The van der Waals surface area contributed by atoms with Crippen molar-refractivity contribution in [3.63, 3.8) is 0 Å². The number of morpholine rings is 1. The minimum Gasteiger partial charge on any atom is -0.372 e. The first kappa shape index (κ1) is 22.6. The predicted molar refractivity (Wildman–Crippen MR) is 117 cm³/mol. The number of nitrogens with one attached hydrogen (secondary N) is 1. The van der Waals surface area contributed by atoms with Gasteiger partial charge in [0.25, 0.3) is 5.91 Å². The molecular weight excluding hydrogens is 380 g/mol. The van der Waals surface area contributed by atoms with Crippen LogP contribution in [0, 0.1) is 5.92 Å². The van der Waals surface area contributed by atoms with E-state index in [0.29, 0.717) is 31.1 Å². The molecule has 2 heterocycles. The Balaban J connectivity index is 1.46. The summed E-state index contributed by atoms with van der Waals surface area (Å²) in [5.41, 5.74) is 1.65. The maximum Gasteiger partial charge on any atom is 0.317 e. The monoisotopic (exact) mass is 416 g/mol. The third kappa shape index (κ3) is 6.19. The summed E-state index contributed by atoms with van der Waals surface area (Å²) >= 11 is 0. The Labute approximate surface area is 180 Å². The molecular formula is C23H36N4O3. The van der Waals surface area contributed by atoms with Gasteiger partial charge in [-0.1, -0.05) is 12.1 Å². The Bertz CT molecular complexity index is 706. The lowest BCUT2D eigenvalue weighted by molar-refractivity contribution is -0.0586. The van der Waals surface area contributed by atoms with Gasteiger partial charge in [-0.2, -0.15) is 0 Å². The first-order valence-corrected chi connectivity index (χ1v) is 11.0. The van der Waals surface area contributed by atoms with Crippen LogP contribution in [0.1, 0.15) is 42.6 Å². The fourth-order valence-electron chi connectivity index (χ4n) is 4.32. The lowest BCUT2D eigenvalue weighted by Crippen LogP contribution is -2.48. The molecule has 0 radical (unpaired) electrons. The van der Waals surface area contributed by atoms with Crippen molar-refractivity contribution in [2.45, 2.75) is 45.4 Å². The van der Waals surface area contributed by atoms with Crippen LogP contribution in [0.4, 0.5) is 4.79 Å². The molecule has 0 bridgehead atoms. The molecule has 3 amide bonds. The smallest absolute Gasteiger partial charge is 0.317 e. The highest BCUT2D eigenvalue weighted by Gasteiger charge is 2.26. The molecule has 2 aliphatic heterocycles. The molecule has 1 aromatic rings. The van der Waals surface area contributed by atoms with Crippen LogP contribution in [0.3, 0.4) is 0 Å². The van der Waals surface area contributed by atoms with E-state index in [2.05, 4.69) is 17.3 Å². The highest BCUT2D eigenvalue weighted by Crippen LogP contribution is 2.17. The molecule has 7 heteroatoms. The quantitative estimate of drug-likeness (QED) is 0.801. The SMILES string of the molecule is CC1CN(C(=O)c2ccc(CNC(=O)N(C)CC3CCN(C)CC3)cc2)CC(C)O1. The second-order valence-corrected chi connectivity index (χ2v) is 8.95. The number of nitrogens with zero attached hydrogens (tertiary/aromatic N) is 3. The highest BCUT2D eigenvalue weighted by molar-refractivity contribution is 5.94. The van der Waals surface area contributed by atoms with Crippen molar-refractivity contribution in [2.75, 3.05) is 46.8 Å². The molecule has 2 fully saturated rings. The number of ether oxygens (including phenoxy) is 1. The van der Waals surface area contributed by atoms with Crippen molar-refractivity contribution in [1.29, 1.82) is 0 Å². The highest BCUT2D eigenvalue weighted by atomic mass is 16.5. The number of hydrogen-bond acceptors (Lipinski definition) is 4. The van der Waals surface area contributed by atoms with E-state index in [1.54, 1.807) is 4.90 Å². The molecule has 30 heavy (non-hydrogen) atoms. The van der Waals surface area contributed by atoms with Crippen molar-refractivity contribution in [3.05, 3.63) is 35.4 Å². The van der Waals surface area contributed by atoms with Crippen molar-refractivity contribution in [1.82, 2.24) is 20.0 Å². The molecule has 1 N–H and O–H groups in total. The Kier molecular flexibility index (Phi) is 7.72. The zero-order valence-corrected chi connectivity index (χ0v) is 18.8. The maximum absolute atomic E-state index is 12.8. The summed E-state index contributed by atoms with van der Waals surface area (Å²) in [6.07, 6.45) is 2.40. The van der Waals surface area contributed by atoms with Crippen molar-refractivity contribution >= 4 is 11.9 Å². The van der Waals surface area contributed by atoms with Gasteiger partial charge in [0, 0.05) is 38.8 Å². The van der Waals surface area contributed by atoms with Crippen LogP contribution in [-0.4, -0.2) is 85.7 Å². The number of urea groups is 1. The topological polar surface area (TPSA) is 65.1 Å². The Hall–Kier alpha value is -2.12. The van der Waals surface area contributed by atoms with Gasteiger partial charge < -0.3 is 24.8 Å². The van der Waals surface area contributed by atoms with Gasteiger partial charge in [0.2, 0.25) is 0 Å². The largest absolute Gasteiger partial charge is 0.372 e. The average molecular weight is 417 g/mol. The Morgan fingerprint density at radius 2 is 1.70 bits per heavy atom. The van der Waals surface area contributed by atoms with Crippen LogP contribution in [0.25, 0.3) is 0 Å². The van der Waals surface area contributed by atoms with E-state index in [0.717, 1.165) is 38.0 Å². The van der Waals surface area contributed by atoms with E-state index in [4.69, 9.17) is 4.74 Å². The number of amides is 3. The van der Waals surface area contributed by atoms with Gasteiger partial charge in [-0.15, -0.1) is 0 Å². The van der Waals surface area contributed by atoms with Crippen molar-refractivity contribution < 1.29 is 14.3 Å². The predicted octanol–water partition coefficient (Wildman–Crippen LogP) is 2.42. The van der Waals surface area contributed by atoms with Crippen LogP contribution < -0.4 is 5.32 Å². The van der Waals surface area contributed by atoms with Gasteiger partial charge in [-0.25, -0.2) is 4.79 Å². The van der Waals surface area contributed by atoms with Crippen molar-refractivity contribution in [2.24, 2.45) is 5.92 Å². The summed E-state index contributed by atoms with van der Waals surface area (Å²) in [4.78, 5) is 31.2. The summed E-state index contributed by atoms with van der Waals surface area (Å²) in [6, 6.07) is 7.47. The summed E-state index contributed by atoms with van der Waals surface area (Å²) < 4.78 is 5.71. The third-order valence-corrected chi connectivity index (χ3v) is 6.07. The average Bonchev–Trinajstić information content (AvgIpc) is 2.72. The Morgan fingerprint density at radius 1 is 1.10 bits per heavy atom. The Morgan fingerprint density at radius 3 is 2.30 bits per heavy atom. The molecule has 2 unspecified atom stereocenters. The van der Waals surface area contributed by atoms with E-state index in [-0.39, 0.29) is 24.1 Å². The van der Waals surface area contributed by atoms with E-state index < -0.39 is 0 Å². The summed E-state index contributed by atoms with van der Waals surface area (Å²) in [5, 5.41) is 2.99. The van der Waals surface area contributed by atoms with Gasteiger partial charge in [0.1, 0.15) is 0 Å². The van der Waals surface area contributed by atoms with Gasteiger partial charge in [0.05, 0.1) is 12.2 Å². The number of carbonyl (C=O) groups is 2. The number of benzene rings is 1. The van der Waals surface area contributed by atoms with E-state index in [9.17, 15) is 9.59 Å². The molecule has 7 nitrogen and oxygen atoms in total. The molecule has 2 saturated heterocycles. The zero-order valence-electron chi connectivity index (χ0n) is 18.8. The summed E-state index contributed by atoms with van der Waals surface area (Å²) in [5.74, 6) is 0.610. The first-order chi connectivity index (χ1) is 14.3. The lowest BCUT2D eigenvalue weighted by Gasteiger charge is -2.35. The standard InChI is InChI=1S/C23H36N4O3/c1-17-14-27(15-18(2)30-17)22(28)21-7-5-19(6-8-21)13-24-23(29)26(4)16-20-9-11-25(3)12-10-20/h5-8,17-18,20H,9-16H2,1-4H3,(H,24,29). The van der Waals surface area contributed by atoms with Gasteiger partial charge in [-0.05, 0) is 70.4 Å². The molecule has 1 aromatic carbocycles. The lowest BCUT2D eigenvalue weighted by atomic mass is 9.97. The first-order valence-electron chi connectivity index (χ1n) is 11.0. The van der Waals surface area contributed by atoms with Crippen LogP contribution in [0.2, 0.25) is 0 Å². The maximum atomic E-state index is 12.8. The minimum absolute atomic E-state index is 0.0328. The number of hydrogen-bond donors (Lipinski definition) is 1. The second kappa shape index (κ2) is 10.3.